The molecule has 0 aromatic carbocycles. The van der Waals surface area contributed by atoms with Crippen LogP contribution in [0.2, 0.25) is 0 Å². The lowest BCUT2D eigenvalue weighted by Gasteiger charge is -2.26. The number of hydrogen-bond acceptors (Lipinski definition) is 3. The fourth-order valence-electron chi connectivity index (χ4n) is 2.37. The molecule has 0 saturated heterocycles. The van der Waals surface area contributed by atoms with Crippen LogP contribution in [0.1, 0.15) is 39.5 Å². The van der Waals surface area contributed by atoms with Crippen LogP contribution in [0.3, 0.4) is 0 Å². The van der Waals surface area contributed by atoms with Crippen LogP contribution in [-0.2, 0) is 9.59 Å². The van der Waals surface area contributed by atoms with Crippen LogP contribution < -0.4 is 5.32 Å². The van der Waals surface area contributed by atoms with Crippen molar-refractivity contribution < 1.29 is 9.59 Å². The summed E-state index contributed by atoms with van der Waals surface area (Å²) < 4.78 is 0. The Labute approximate surface area is 108 Å². The van der Waals surface area contributed by atoms with Crippen molar-refractivity contribution >= 4 is 11.8 Å². The van der Waals surface area contributed by atoms with Crippen molar-refractivity contribution in [2.24, 2.45) is 5.41 Å². The zero-order valence-corrected chi connectivity index (χ0v) is 11.3. The number of carbonyl (C=O) groups is 2. The molecular weight excluding hydrogens is 230 g/mol. The van der Waals surface area contributed by atoms with Crippen LogP contribution in [0, 0.1) is 16.7 Å². The first kappa shape index (κ1) is 14.5. The summed E-state index contributed by atoms with van der Waals surface area (Å²) in [7, 11) is 1.58. The Kier molecular flexibility index (Phi) is 4.71. The van der Waals surface area contributed by atoms with Gasteiger partial charge in [0.2, 0.25) is 11.8 Å². The van der Waals surface area contributed by atoms with Gasteiger partial charge in [0.25, 0.3) is 0 Å². The van der Waals surface area contributed by atoms with E-state index in [1.54, 1.807) is 7.05 Å². The minimum absolute atomic E-state index is 0.0143. The van der Waals surface area contributed by atoms with Gasteiger partial charge < -0.3 is 10.2 Å². The molecule has 1 rings (SSSR count). The minimum atomic E-state index is -0.896. The van der Waals surface area contributed by atoms with Crippen LogP contribution >= 0.6 is 0 Å². The molecule has 0 atom stereocenters. The second-order valence-corrected chi connectivity index (χ2v) is 5.28. The van der Waals surface area contributed by atoms with E-state index in [0.29, 0.717) is 12.8 Å². The standard InChI is InChI=1S/C13H21N3O2/c1-10(2)15-11(17)8-16(3)12(18)13(9-14)6-4-5-7-13/h10H,4-8H2,1-3H3,(H,15,17). The number of carbonyl (C=O) groups excluding carboxylic acids is 2. The van der Waals surface area contributed by atoms with Gasteiger partial charge in [0.15, 0.2) is 0 Å². The summed E-state index contributed by atoms with van der Waals surface area (Å²) in [5.41, 5.74) is -0.896. The molecule has 1 fully saturated rings. The van der Waals surface area contributed by atoms with Crippen molar-refractivity contribution in [1.29, 1.82) is 5.26 Å². The Morgan fingerprint density at radius 1 is 1.39 bits per heavy atom. The van der Waals surface area contributed by atoms with E-state index in [2.05, 4.69) is 11.4 Å². The van der Waals surface area contributed by atoms with Gasteiger partial charge in [-0.05, 0) is 26.7 Å². The molecule has 0 aliphatic heterocycles. The largest absolute Gasteiger partial charge is 0.352 e. The lowest BCUT2D eigenvalue weighted by atomic mass is 9.86. The van der Waals surface area contributed by atoms with Crippen molar-refractivity contribution in [1.82, 2.24) is 10.2 Å². The number of rotatable bonds is 4. The van der Waals surface area contributed by atoms with Crippen molar-refractivity contribution in [2.75, 3.05) is 13.6 Å². The summed E-state index contributed by atoms with van der Waals surface area (Å²) in [5.74, 6) is -0.409. The third kappa shape index (κ3) is 3.22. The molecule has 1 aliphatic carbocycles. The zero-order chi connectivity index (χ0) is 13.8. The van der Waals surface area contributed by atoms with E-state index in [1.165, 1.54) is 4.90 Å². The molecule has 5 nitrogen and oxygen atoms in total. The van der Waals surface area contributed by atoms with Crippen molar-refractivity contribution in [3.8, 4) is 6.07 Å². The molecule has 0 heterocycles. The molecule has 1 aliphatic rings. The van der Waals surface area contributed by atoms with E-state index < -0.39 is 5.41 Å². The molecule has 1 saturated carbocycles. The predicted molar refractivity (Wildman–Crippen MR) is 67.4 cm³/mol. The van der Waals surface area contributed by atoms with Gasteiger partial charge in [-0.15, -0.1) is 0 Å². The fraction of sp³-hybridized carbons (Fsp3) is 0.769. The van der Waals surface area contributed by atoms with Gasteiger partial charge in [-0.2, -0.15) is 5.26 Å². The highest BCUT2D eigenvalue weighted by Crippen LogP contribution is 2.38. The van der Waals surface area contributed by atoms with Crippen LogP contribution in [0.4, 0.5) is 0 Å². The van der Waals surface area contributed by atoms with Gasteiger partial charge in [-0.1, -0.05) is 12.8 Å². The second kappa shape index (κ2) is 5.85. The van der Waals surface area contributed by atoms with Gasteiger partial charge in [0, 0.05) is 13.1 Å². The minimum Gasteiger partial charge on any atom is -0.352 e. The normalized spacial score (nSPS) is 17.3. The zero-order valence-electron chi connectivity index (χ0n) is 11.3. The predicted octanol–water partition coefficient (Wildman–Crippen LogP) is 1.05. The average molecular weight is 251 g/mol. The quantitative estimate of drug-likeness (QED) is 0.811. The summed E-state index contributed by atoms with van der Waals surface area (Å²) >= 11 is 0. The highest BCUT2D eigenvalue weighted by atomic mass is 16.2. The average Bonchev–Trinajstić information content (AvgIpc) is 2.76. The van der Waals surface area contributed by atoms with Gasteiger partial charge in [0.05, 0.1) is 12.6 Å². The SMILES string of the molecule is CC(C)NC(=O)CN(C)C(=O)C1(C#N)CCCC1. The summed E-state index contributed by atoms with van der Waals surface area (Å²) in [6.07, 6.45) is 3.04. The molecule has 0 spiro atoms. The number of amides is 2. The molecule has 0 unspecified atom stereocenters. The Hall–Kier alpha value is -1.57. The fourth-order valence-corrected chi connectivity index (χ4v) is 2.37. The van der Waals surface area contributed by atoms with Gasteiger partial charge in [-0.3, -0.25) is 9.59 Å². The lowest BCUT2D eigenvalue weighted by Crippen LogP contribution is -2.45. The molecule has 0 radical (unpaired) electrons. The summed E-state index contributed by atoms with van der Waals surface area (Å²) in [4.78, 5) is 25.2. The van der Waals surface area contributed by atoms with E-state index >= 15 is 0 Å². The highest BCUT2D eigenvalue weighted by Gasteiger charge is 2.43. The molecule has 1 N–H and O–H groups in total. The van der Waals surface area contributed by atoms with E-state index in [4.69, 9.17) is 0 Å². The number of hydrogen-bond donors (Lipinski definition) is 1. The first-order chi connectivity index (χ1) is 8.41. The van der Waals surface area contributed by atoms with E-state index in [1.807, 2.05) is 13.8 Å². The molecule has 5 heteroatoms. The first-order valence-electron chi connectivity index (χ1n) is 6.37. The number of likely N-dealkylation sites (N-methyl/N-ethyl adjacent to an activating group) is 1. The van der Waals surface area contributed by atoms with Crippen molar-refractivity contribution in [3.63, 3.8) is 0 Å². The number of nitriles is 1. The molecule has 0 bridgehead atoms. The Morgan fingerprint density at radius 3 is 2.39 bits per heavy atom. The highest BCUT2D eigenvalue weighted by molar-refractivity contribution is 5.89. The molecule has 100 valence electrons. The summed E-state index contributed by atoms with van der Waals surface area (Å²) in [5, 5.41) is 12.0. The Balaban J connectivity index is 2.61. The maximum absolute atomic E-state index is 12.2. The lowest BCUT2D eigenvalue weighted by molar-refractivity contribution is -0.140. The topological polar surface area (TPSA) is 73.2 Å². The van der Waals surface area contributed by atoms with Gasteiger partial charge >= 0.3 is 0 Å². The molecular formula is C13H21N3O2. The molecule has 0 aromatic rings. The Bertz CT molecular complexity index is 365. The monoisotopic (exact) mass is 251 g/mol. The van der Waals surface area contributed by atoms with Gasteiger partial charge in [0.1, 0.15) is 5.41 Å². The molecule has 0 aromatic heterocycles. The van der Waals surface area contributed by atoms with Gasteiger partial charge in [-0.25, -0.2) is 0 Å². The second-order valence-electron chi connectivity index (χ2n) is 5.28. The smallest absolute Gasteiger partial charge is 0.243 e. The van der Waals surface area contributed by atoms with Crippen LogP contribution in [0.25, 0.3) is 0 Å². The first-order valence-corrected chi connectivity index (χ1v) is 6.37. The third-order valence-electron chi connectivity index (χ3n) is 3.26. The Morgan fingerprint density at radius 2 is 1.94 bits per heavy atom. The summed E-state index contributed by atoms with van der Waals surface area (Å²) in [6.45, 7) is 3.75. The van der Waals surface area contributed by atoms with Crippen molar-refractivity contribution in [3.05, 3.63) is 0 Å². The van der Waals surface area contributed by atoms with E-state index in [-0.39, 0.29) is 24.4 Å². The van der Waals surface area contributed by atoms with E-state index in [0.717, 1.165) is 12.8 Å². The number of nitrogens with zero attached hydrogens (tertiary/aromatic N) is 2. The molecule has 18 heavy (non-hydrogen) atoms. The maximum atomic E-state index is 12.2. The maximum Gasteiger partial charge on any atom is 0.243 e. The third-order valence-corrected chi connectivity index (χ3v) is 3.26. The molecule has 2 amide bonds. The van der Waals surface area contributed by atoms with Crippen LogP contribution in [-0.4, -0.2) is 36.3 Å². The van der Waals surface area contributed by atoms with Crippen LogP contribution in [0.15, 0.2) is 0 Å². The van der Waals surface area contributed by atoms with E-state index in [9.17, 15) is 14.9 Å². The van der Waals surface area contributed by atoms with Crippen LogP contribution in [0.5, 0.6) is 0 Å². The van der Waals surface area contributed by atoms with Crippen molar-refractivity contribution in [2.45, 2.75) is 45.6 Å². The number of nitrogens with one attached hydrogen (secondary N) is 1. The summed E-state index contributed by atoms with van der Waals surface area (Å²) in [6, 6.07) is 2.20.